The van der Waals surface area contributed by atoms with Gasteiger partial charge in [0.25, 0.3) is 5.91 Å². The predicted molar refractivity (Wildman–Crippen MR) is 128 cm³/mol. The molecule has 1 heterocycles. The molecule has 2 aromatic carbocycles. The number of hydrogen-bond donors (Lipinski definition) is 3. The van der Waals surface area contributed by atoms with Crippen LogP contribution in [0.25, 0.3) is 0 Å². The zero-order valence-corrected chi connectivity index (χ0v) is 19.8. The van der Waals surface area contributed by atoms with E-state index in [0.29, 0.717) is 23.5 Å². The van der Waals surface area contributed by atoms with E-state index in [-0.39, 0.29) is 35.3 Å². The molecule has 9 heteroatoms. The minimum atomic E-state index is -3.66. The fraction of sp³-hybridized carbons (Fsp3) is 0.417. The van der Waals surface area contributed by atoms with Crippen LogP contribution < -0.4 is 15.4 Å². The Morgan fingerprint density at radius 3 is 2.39 bits per heavy atom. The van der Waals surface area contributed by atoms with Crippen LogP contribution >= 0.6 is 0 Å². The molecule has 1 aliphatic heterocycles. The van der Waals surface area contributed by atoms with Gasteiger partial charge in [-0.25, -0.2) is 13.1 Å². The molecule has 0 radical (unpaired) electrons. The summed E-state index contributed by atoms with van der Waals surface area (Å²) in [5.41, 5.74) is 1.40. The first-order valence-electron chi connectivity index (χ1n) is 11.3. The summed E-state index contributed by atoms with van der Waals surface area (Å²) >= 11 is 0. The van der Waals surface area contributed by atoms with E-state index in [1.165, 1.54) is 24.3 Å². The van der Waals surface area contributed by atoms with Crippen molar-refractivity contribution in [2.75, 3.05) is 23.8 Å². The molecule has 0 aliphatic carbocycles. The predicted octanol–water partition coefficient (Wildman–Crippen LogP) is 3.77. The van der Waals surface area contributed by atoms with E-state index in [0.717, 1.165) is 25.7 Å². The summed E-state index contributed by atoms with van der Waals surface area (Å²) in [6.45, 7) is 4.83. The molecular weight excluding hydrogens is 442 g/mol. The summed E-state index contributed by atoms with van der Waals surface area (Å²) in [5.74, 6) is -0.499. The SMILES string of the molecule is CCC(CC)C(=O)Nc1cccc(C(=O)Nc2ccc(S(=O)(=O)NCC3CCCO3)cc2)c1. The number of sulfonamides is 1. The summed E-state index contributed by atoms with van der Waals surface area (Å²) in [6, 6.07) is 12.7. The molecule has 3 rings (SSSR count). The first-order valence-corrected chi connectivity index (χ1v) is 12.7. The van der Waals surface area contributed by atoms with E-state index in [4.69, 9.17) is 4.74 Å². The Kier molecular flexibility index (Phi) is 8.60. The van der Waals surface area contributed by atoms with E-state index < -0.39 is 10.0 Å². The fourth-order valence-corrected chi connectivity index (χ4v) is 4.72. The Balaban J connectivity index is 1.60. The summed E-state index contributed by atoms with van der Waals surface area (Å²) < 4.78 is 33.0. The van der Waals surface area contributed by atoms with Gasteiger partial charge < -0.3 is 15.4 Å². The number of carbonyl (C=O) groups excluding carboxylic acids is 2. The molecule has 33 heavy (non-hydrogen) atoms. The molecule has 1 unspecified atom stereocenters. The minimum absolute atomic E-state index is 0.0672. The minimum Gasteiger partial charge on any atom is -0.377 e. The molecule has 8 nitrogen and oxygen atoms in total. The van der Waals surface area contributed by atoms with Crippen LogP contribution in [0.4, 0.5) is 11.4 Å². The highest BCUT2D eigenvalue weighted by Crippen LogP contribution is 2.18. The maximum absolute atomic E-state index is 12.7. The van der Waals surface area contributed by atoms with Gasteiger partial charge in [0, 0.05) is 36.0 Å². The average molecular weight is 474 g/mol. The van der Waals surface area contributed by atoms with Gasteiger partial charge in [0.15, 0.2) is 0 Å². The lowest BCUT2D eigenvalue weighted by atomic mass is 10.0. The summed E-state index contributed by atoms with van der Waals surface area (Å²) in [5, 5.41) is 5.61. The second kappa shape index (κ2) is 11.4. The van der Waals surface area contributed by atoms with Gasteiger partial charge in [0.2, 0.25) is 15.9 Å². The molecule has 1 fully saturated rings. The fourth-order valence-electron chi connectivity index (χ4n) is 3.65. The first kappa shape index (κ1) is 24.9. The van der Waals surface area contributed by atoms with Crippen LogP contribution in [0.2, 0.25) is 0 Å². The van der Waals surface area contributed by atoms with Crippen LogP contribution in [0.5, 0.6) is 0 Å². The lowest BCUT2D eigenvalue weighted by Crippen LogP contribution is -2.31. The largest absolute Gasteiger partial charge is 0.377 e. The Bertz CT molecular complexity index is 1060. The van der Waals surface area contributed by atoms with Crippen LogP contribution in [0, 0.1) is 5.92 Å². The monoisotopic (exact) mass is 473 g/mol. The van der Waals surface area contributed by atoms with Crippen molar-refractivity contribution in [1.82, 2.24) is 4.72 Å². The van der Waals surface area contributed by atoms with E-state index in [1.54, 1.807) is 24.3 Å². The third-order valence-electron chi connectivity index (χ3n) is 5.70. The van der Waals surface area contributed by atoms with Crippen molar-refractivity contribution in [3.8, 4) is 0 Å². The lowest BCUT2D eigenvalue weighted by Gasteiger charge is -2.13. The number of ether oxygens (including phenoxy) is 1. The maximum Gasteiger partial charge on any atom is 0.255 e. The Morgan fingerprint density at radius 2 is 1.76 bits per heavy atom. The molecule has 0 saturated carbocycles. The molecule has 0 bridgehead atoms. The van der Waals surface area contributed by atoms with Gasteiger partial charge >= 0.3 is 0 Å². The third kappa shape index (κ3) is 6.86. The average Bonchev–Trinajstić information content (AvgIpc) is 3.33. The van der Waals surface area contributed by atoms with Gasteiger partial charge in [-0.15, -0.1) is 0 Å². The smallest absolute Gasteiger partial charge is 0.255 e. The van der Waals surface area contributed by atoms with Crippen LogP contribution in [0.1, 0.15) is 49.9 Å². The highest BCUT2D eigenvalue weighted by molar-refractivity contribution is 7.89. The Hall–Kier alpha value is -2.75. The highest BCUT2D eigenvalue weighted by Gasteiger charge is 2.20. The topological polar surface area (TPSA) is 114 Å². The van der Waals surface area contributed by atoms with Gasteiger partial charge in [-0.2, -0.15) is 0 Å². The zero-order chi connectivity index (χ0) is 23.8. The zero-order valence-electron chi connectivity index (χ0n) is 19.0. The quantitative estimate of drug-likeness (QED) is 0.486. The van der Waals surface area contributed by atoms with Gasteiger partial charge in [-0.05, 0) is 68.1 Å². The molecule has 0 spiro atoms. The summed E-state index contributed by atoms with van der Waals surface area (Å²) in [7, 11) is -3.66. The van der Waals surface area contributed by atoms with Crippen molar-refractivity contribution in [1.29, 1.82) is 0 Å². The van der Waals surface area contributed by atoms with Crippen molar-refractivity contribution in [2.45, 2.75) is 50.5 Å². The van der Waals surface area contributed by atoms with Crippen molar-refractivity contribution < 1.29 is 22.7 Å². The molecule has 2 amide bonds. The van der Waals surface area contributed by atoms with Crippen molar-refractivity contribution in [2.24, 2.45) is 5.92 Å². The molecule has 0 aromatic heterocycles. The number of benzene rings is 2. The number of anilines is 2. The molecular formula is C24H31N3O5S. The van der Waals surface area contributed by atoms with E-state index in [1.807, 2.05) is 13.8 Å². The number of carbonyl (C=O) groups is 2. The van der Waals surface area contributed by atoms with Crippen molar-refractivity contribution >= 4 is 33.2 Å². The maximum atomic E-state index is 12.7. The van der Waals surface area contributed by atoms with E-state index in [2.05, 4.69) is 15.4 Å². The summed E-state index contributed by atoms with van der Waals surface area (Å²) in [4.78, 5) is 25.1. The van der Waals surface area contributed by atoms with Crippen molar-refractivity contribution in [3.05, 3.63) is 54.1 Å². The van der Waals surface area contributed by atoms with E-state index in [9.17, 15) is 18.0 Å². The van der Waals surface area contributed by atoms with Gasteiger partial charge in [-0.3, -0.25) is 9.59 Å². The van der Waals surface area contributed by atoms with Crippen LogP contribution in [-0.4, -0.2) is 39.5 Å². The van der Waals surface area contributed by atoms with Crippen molar-refractivity contribution in [3.63, 3.8) is 0 Å². The molecule has 178 valence electrons. The number of hydrogen-bond acceptors (Lipinski definition) is 5. The third-order valence-corrected chi connectivity index (χ3v) is 7.14. The van der Waals surface area contributed by atoms with Gasteiger partial charge in [-0.1, -0.05) is 19.9 Å². The Morgan fingerprint density at radius 1 is 1.03 bits per heavy atom. The van der Waals surface area contributed by atoms with Crippen LogP contribution in [0.3, 0.4) is 0 Å². The van der Waals surface area contributed by atoms with Gasteiger partial charge in [0.05, 0.1) is 11.0 Å². The number of rotatable bonds is 10. The molecule has 1 aliphatic rings. The molecule has 1 saturated heterocycles. The lowest BCUT2D eigenvalue weighted by molar-refractivity contribution is -0.120. The molecule has 3 N–H and O–H groups in total. The highest BCUT2D eigenvalue weighted by atomic mass is 32.2. The first-order chi connectivity index (χ1) is 15.8. The Labute approximate surface area is 195 Å². The standard InChI is InChI=1S/C24H31N3O5S/c1-3-17(4-2)23(28)27-20-8-5-7-18(15-20)24(29)26-19-10-12-22(13-11-19)33(30,31)25-16-21-9-6-14-32-21/h5,7-8,10-13,15,17,21,25H,3-4,6,9,14,16H2,1-2H3,(H,26,29)(H,27,28). The molecule has 2 aromatic rings. The van der Waals surface area contributed by atoms with Crippen LogP contribution in [0.15, 0.2) is 53.4 Å². The number of amides is 2. The number of nitrogens with one attached hydrogen (secondary N) is 3. The summed E-state index contributed by atoms with van der Waals surface area (Å²) in [6.07, 6.45) is 3.19. The second-order valence-corrected chi connectivity index (χ2v) is 9.82. The van der Waals surface area contributed by atoms with E-state index >= 15 is 0 Å². The van der Waals surface area contributed by atoms with Crippen LogP contribution in [-0.2, 0) is 19.6 Å². The normalized spacial score (nSPS) is 16.0. The van der Waals surface area contributed by atoms with Gasteiger partial charge in [0.1, 0.15) is 0 Å². The molecule has 1 atom stereocenters. The second-order valence-electron chi connectivity index (χ2n) is 8.05.